The van der Waals surface area contributed by atoms with Crippen LogP contribution < -0.4 is 13.7 Å². The van der Waals surface area contributed by atoms with Crippen LogP contribution in [0.1, 0.15) is 5.56 Å². The second kappa shape index (κ2) is 6.44. The van der Waals surface area contributed by atoms with Crippen LogP contribution in [-0.2, 0) is 6.42 Å². The minimum atomic E-state index is 0.314. The fourth-order valence-electron chi connectivity index (χ4n) is 1.79. The Labute approximate surface area is 115 Å². The number of allylic oxidation sites excluding steroid dienone is 1. The van der Waals surface area contributed by atoms with Gasteiger partial charge in [-0.15, -0.1) is 0 Å². The predicted molar refractivity (Wildman–Crippen MR) is 78.4 cm³/mol. The van der Waals surface area contributed by atoms with Crippen LogP contribution in [0.15, 0.2) is 61.2 Å². The van der Waals surface area contributed by atoms with Gasteiger partial charge in [-0.3, -0.25) is 0 Å². The maximum atomic E-state index is 5.44. The molecular weight excluding hydrogens is 287 g/mol. The fraction of sp³-hybridized carbons (Fsp3) is 0.125. The number of methoxy groups -OCH3 is 1. The third-order valence-electron chi connectivity index (χ3n) is 2.63. The zero-order valence-electron chi connectivity index (χ0n) is 10.4. The molecule has 0 saturated heterocycles. The first-order chi connectivity index (χ1) is 8.85. The summed E-state index contributed by atoms with van der Waals surface area (Å²) in [5, 5.41) is 0. The molecule has 1 nitrogen and oxygen atoms in total. The zero-order chi connectivity index (χ0) is 12.8. The van der Waals surface area contributed by atoms with Crippen molar-refractivity contribution in [1.29, 1.82) is 0 Å². The molecule has 0 heterocycles. The summed E-state index contributed by atoms with van der Waals surface area (Å²) >= 11 is 0.314. The summed E-state index contributed by atoms with van der Waals surface area (Å²) in [6, 6.07) is 16.8. The van der Waals surface area contributed by atoms with Crippen molar-refractivity contribution < 1.29 is 4.74 Å². The first kappa shape index (κ1) is 12.9. The SMILES string of the molecule is C=CCc1c(OC)cccc1[Se]c1ccccc1. The molecular formula is C16H16OSe. The van der Waals surface area contributed by atoms with Crippen molar-refractivity contribution in [3.63, 3.8) is 0 Å². The minimum absolute atomic E-state index is 0.314. The number of hydrogen-bond acceptors (Lipinski definition) is 1. The molecule has 18 heavy (non-hydrogen) atoms. The summed E-state index contributed by atoms with van der Waals surface area (Å²) in [5.74, 6) is 0.963. The van der Waals surface area contributed by atoms with Crippen LogP contribution in [0, 0.1) is 0 Å². The number of hydrogen-bond donors (Lipinski definition) is 0. The molecule has 0 bridgehead atoms. The van der Waals surface area contributed by atoms with Crippen molar-refractivity contribution in [2.45, 2.75) is 6.42 Å². The average Bonchev–Trinajstić information content (AvgIpc) is 2.42. The van der Waals surface area contributed by atoms with Gasteiger partial charge in [0.05, 0.1) is 0 Å². The van der Waals surface area contributed by atoms with Gasteiger partial charge in [-0.2, -0.15) is 0 Å². The second-order valence-electron chi connectivity index (χ2n) is 3.84. The summed E-state index contributed by atoms with van der Waals surface area (Å²) in [6.45, 7) is 3.83. The van der Waals surface area contributed by atoms with E-state index >= 15 is 0 Å². The summed E-state index contributed by atoms with van der Waals surface area (Å²) in [7, 11) is 1.72. The summed E-state index contributed by atoms with van der Waals surface area (Å²) < 4.78 is 8.19. The van der Waals surface area contributed by atoms with Crippen molar-refractivity contribution in [2.24, 2.45) is 0 Å². The van der Waals surface area contributed by atoms with Crippen LogP contribution in [0.4, 0.5) is 0 Å². The molecule has 2 aromatic rings. The third-order valence-corrected chi connectivity index (χ3v) is 4.96. The van der Waals surface area contributed by atoms with E-state index in [9.17, 15) is 0 Å². The van der Waals surface area contributed by atoms with Gasteiger partial charge in [0.25, 0.3) is 0 Å². The van der Waals surface area contributed by atoms with E-state index in [-0.39, 0.29) is 0 Å². The van der Waals surface area contributed by atoms with Gasteiger partial charge < -0.3 is 0 Å². The molecule has 0 saturated carbocycles. The van der Waals surface area contributed by atoms with Crippen molar-refractivity contribution in [3.05, 3.63) is 66.7 Å². The van der Waals surface area contributed by atoms with E-state index in [0.717, 1.165) is 12.2 Å². The van der Waals surface area contributed by atoms with Crippen molar-refractivity contribution in [3.8, 4) is 5.75 Å². The molecule has 0 fully saturated rings. The van der Waals surface area contributed by atoms with Crippen LogP contribution >= 0.6 is 0 Å². The van der Waals surface area contributed by atoms with Gasteiger partial charge in [0.1, 0.15) is 0 Å². The predicted octanol–water partition coefficient (Wildman–Crippen LogP) is 2.08. The zero-order valence-corrected chi connectivity index (χ0v) is 12.1. The van der Waals surface area contributed by atoms with E-state index in [1.807, 2.05) is 12.1 Å². The normalized spacial score (nSPS) is 10.1. The molecule has 0 spiro atoms. The first-order valence-corrected chi connectivity index (χ1v) is 7.56. The topological polar surface area (TPSA) is 9.23 Å². The quantitative estimate of drug-likeness (QED) is 0.607. The van der Waals surface area contributed by atoms with Crippen molar-refractivity contribution >= 4 is 23.9 Å². The molecule has 2 aromatic carbocycles. The standard InChI is InChI=1S/C16H16OSe/c1-3-8-14-15(17-2)11-7-12-16(14)18-13-9-5-4-6-10-13/h3-7,9-12H,1,8H2,2H3. The summed E-state index contributed by atoms with van der Waals surface area (Å²) in [5.41, 5.74) is 1.26. The van der Waals surface area contributed by atoms with Crippen LogP contribution in [0.25, 0.3) is 0 Å². The average molecular weight is 303 g/mol. The van der Waals surface area contributed by atoms with Gasteiger partial charge in [0.15, 0.2) is 0 Å². The van der Waals surface area contributed by atoms with Crippen LogP contribution in [0.5, 0.6) is 5.75 Å². The number of ether oxygens (including phenoxy) is 1. The molecule has 0 aliphatic heterocycles. The monoisotopic (exact) mass is 304 g/mol. The second-order valence-corrected chi connectivity index (χ2v) is 6.18. The first-order valence-electron chi connectivity index (χ1n) is 5.85. The van der Waals surface area contributed by atoms with Crippen LogP contribution in [0.2, 0.25) is 0 Å². The van der Waals surface area contributed by atoms with Gasteiger partial charge in [-0.05, 0) is 0 Å². The van der Waals surface area contributed by atoms with Crippen molar-refractivity contribution in [2.75, 3.05) is 7.11 Å². The molecule has 2 rings (SSSR count). The Morgan fingerprint density at radius 3 is 2.56 bits per heavy atom. The molecule has 0 atom stereocenters. The molecule has 0 aliphatic rings. The molecule has 0 aliphatic carbocycles. The van der Waals surface area contributed by atoms with Gasteiger partial charge in [0.2, 0.25) is 0 Å². The van der Waals surface area contributed by atoms with Gasteiger partial charge >= 0.3 is 115 Å². The van der Waals surface area contributed by atoms with E-state index in [1.165, 1.54) is 14.5 Å². The Kier molecular flexibility index (Phi) is 4.63. The Morgan fingerprint density at radius 2 is 1.89 bits per heavy atom. The molecule has 0 amide bonds. The van der Waals surface area contributed by atoms with Gasteiger partial charge in [-0.25, -0.2) is 0 Å². The fourth-order valence-corrected chi connectivity index (χ4v) is 3.89. The van der Waals surface area contributed by atoms with E-state index < -0.39 is 0 Å². The molecule has 2 heteroatoms. The van der Waals surface area contributed by atoms with E-state index in [2.05, 4.69) is 49.0 Å². The van der Waals surface area contributed by atoms with E-state index in [1.54, 1.807) is 7.11 Å². The Balaban J connectivity index is 2.34. The Bertz CT molecular complexity index is 520. The summed E-state index contributed by atoms with van der Waals surface area (Å²) in [4.78, 5) is 0. The van der Waals surface area contributed by atoms with Gasteiger partial charge in [0, 0.05) is 0 Å². The number of benzene rings is 2. The Morgan fingerprint density at radius 1 is 1.11 bits per heavy atom. The van der Waals surface area contributed by atoms with Crippen LogP contribution in [0.3, 0.4) is 0 Å². The van der Waals surface area contributed by atoms with E-state index in [4.69, 9.17) is 4.74 Å². The molecule has 0 unspecified atom stereocenters. The Hall–Kier alpha value is -1.50. The van der Waals surface area contributed by atoms with E-state index in [0.29, 0.717) is 15.0 Å². The van der Waals surface area contributed by atoms with Gasteiger partial charge in [-0.1, -0.05) is 0 Å². The molecule has 92 valence electrons. The third kappa shape index (κ3) is 3.04. The van der Waals surface area contributed by atoms with Crippen molar-refractivity contribution in [1.82, 2.24) is 0 Å². The van der Waals surface area contributed by atoms with Crippen LogP contribution in [-0.4, -0.2) is 22.1 Å². The molecule has 0 radical (unpaired) electrons. The maximum absolute atomic E-state index is 5.44. The number of rotatable bonds is 5. The molecule has 0 aromatic heterocycles. The summed E-state index contributed by atoms with van der Waals surface area (Å²) in [6.07, 6.45) is 2.79. The molecule has 0 N–H and O–H groups in total.